The predicted molar refractivity (Wildman–Crippen MR) is 44.7 cm³/mol. The van der Waals surface area contributed by atoms with Crippen LogP contribution in [0.4, 0.5) is 0 Å². The summed E-state index contributed by atoms with van der Waals surface area (Å²) in [6.45, 7) is 0. The molecule has 0 fully saturated rings. The Labute approximate surface area is 74.3 Å². The molecule has 0 aliphatic heterocycles. The number of halogens is 2. The van der Waals surface area contributed by atoms with Gasteiger partial charge in [0.25, 0.3) is 0 Å². The summed E-state index contributed by atoms with van der Waals surface area (Å²) in [7, 11) is 1.43. The lowest BCUT2D eigenvalue weighted by molar-refractivity contribution is 0.374. The number of phenolic OH excluding ortho intramolecular Hbond substituents is 1. The number of benzene rings is 1. The van der Waals surface area contributed by atoms with Crippen LogP contribution >= 0.6 is 23.2 Å². The summed E-state index contributed by atoms with van der Waals surface area (Å²) in [5.74, 6) is 0.195. The molecule has 1 N–H and O–H groups in total. The van der Waals surface area contributed by atoms with Gasteiger partial charge in [-0.2, -0.15) is 0 Å². The molecule has 0 spiro atoms. The Bertz CT molecular complexity index is 250. The average molecular weight is 193 g/mol. The summed E-state index contributed by atoms with van der Waals surface area (Å²) in [6.07, 6.45) is 0. The van der Waals surface area contributed by atoms with Gasteiger partial charge >= 0.3 is 0 Å². The molecule has 0 bridgehead atoms. The second-order valence-electron chi connectivity index (χ2n) is 1.94. The van der Waals surface area contributed by atoms with Crippen molar-refractivity contribution in [2.75, 3.05) is 7.11 Å². The van der Waals surface area contributed by atoms with E-state index in [0.29, 0.717) is 10.0 Å². The molecule has 0 saturated heterocycles. The first-order valence-corrected chi connectivity index (χ1v) is 3.62. The van der Waals surface area contributed by atoms with E-state index in [9.17, 15) is 5.11 Å². The number of hydrogen-bond acceptors (Lipinski definition) is 2. The van der Waals surface area contributed by atoms with Crippen LogP contribution in [-0.2, 0) is 0 Å². The van der Waals surface area contributed by atoms with Crippen LogP contribution in [0.3, 0.4) is 0 Å². The minimum atomic E-state index is -0.0509. The molecule has 0 atom stereocenters. The number of hydrogen-bond donors (Lipinski definition) is 1. The van der Waals surface area contributed by atoms with Gasteiger partial charge in [0.2, 0.25) is 0 Å². The molecule has 0 amide bonds. The number of methoxy groups -OCH3 is 1. The van der Waals surface area contributed by atoms with Crippen molar-refractivity contribution < 1.29 is 9.84 Å². The molecule has 60 valence electrons. The van der Waals surface area contributed by atoms with E-state index >= 15 is 0 Å². The molecule has 1 aromatic carbocycles. The van der Waals surface area contributed by atoms with E-state index in [4.69, 9.17) is 27.9 Å². The van der Waals surface area contributed by atoms with Crippen LogP contribution in [0, 0.1) is 0 Å². The summed E-state index contributed by atoms with van der Waals surface area (Å²) in [4.78, 5) is 0. The lowest BCUT2D eigenvalue weighted by Crippen LogP contribution is -1.84. The van der Waals surface area contributed by atoms with Crippen LogP contribution in [0.25, 0.3) is 0 Å². The van der Waals surface area contributed by atoms with Gasteiger partial charge in [-0.3, -0.25) is 0 Å². The van der Waals surface area contributed by atoms with Crippen LogP contribution in [0.5, 0.6) is 11.5 Å². The van der Waals surface area contributed by atoms with Gasteiger partial charge in [0.15, 0.2) is 11.5 Å². The SMILES string of the molecule is COc1c(O)cc(Cl)cc1Cl. The molecule has 0 radical (unpaired) electrons. The number of phenols is 1. The van der Waals surface area contributed by atoms with Crippen LogP contribution in [0.15, 0.2) is 12.1 Å². The lowest BCUT2D eigenvalue weighted by Gasteiger charge is -2.04. The van der Waals surface area contributed by atoms with E-state index in [1.807, 2.05) is 0 Å². The molecular formula is C7H6Cl2O2. The lowest BCUT2D eigenvalue weighted by atomic mass is 10.3. The highest BCUT2D eigenvalue weighted by Crippen LogP contribution is 2.36. The van der Waals surface area contributed by atoms with Gasteiger partial charge in [0, 0.05) is 11.1 Å². The fourth-order valence-corrected chi connectivity index (χ4v) is 1.31. The third kappa shape index (κ3) is 1.70. The quantitative estimate of drug-likeness (QED) is 0.742. The monoisotopic (exact) mass is 192 g/mol. The normalized spacial score (nSPS) is 9.73. The Kier molecular flexibility index (Phi) is 2.47. The van der Waals surface area contributed by atoms with Gasteiger partial charge in [-0.05, 0) is 6.07 Å². The molecule has 11 heavy (non-hydrogen) atoms. The fourth-order valence-electron chi connectivity index (χ4n) is 0.749. The minimum Gasteiger partial charge on any atom is -0.504 e. The Balaban J connectivity index is 3.25. The zero-order valence-electron chi connectivity index (χ0n) is 5.77. The van der Waals surface area contributed by atoms with Crippen LogP contribution in [-0.4, -0.2) is 12.2 Å². The maximum absolute atomic E-state index is 9.18. The first-order valence-electron chi connectivity index (χ1n) is 2.87. The Morgan fingerprint density at radius 2 is 2.00 bits per heavy atom. The molecule has 0 heterocycles. The topological polar surface area (TPSA) is 29.5 Å². The van der Waals surface area contributed by atoms with E-state index in [2.05, 4.69) is 0 Å². The van der Waals surface area contributed by atoms with Crippen molar-refractivity contribution in [1.29, 1.82) is 0 Å². The first-order chi connectivity index (χ1) is 5.15. The summed E-state index contributed by atoms with van der Waals surface area (Å²) in [6, 6.07) is 2.87. The van der Waals surface area contributed by atoms with E-state index in [-0.39, 0.29) is 11.5 Å². The molecule has 0 aromatic heterocycles. The highest BCUT2D eigenvalue weighted by molar-refractivity contribution is 6.35. The molecule has 1 aromatic rings. The average Bonchev–Trinajstić information content (AvgIpc) is 1.85. The number of aromatic hydroxyl groups is 1. The summed E-state index contributed by atoms with van der Waals surface area (Å²) in [5.41, 5.74) is 0. The van der Waals surface area contributed by atoms with Crippen LogP contribution in [0.1, 0.15) is 0 Å². The standard InChI is InChI=1S/C7H6Cl2O2/c1-11-7-5(9)2-4(8)3-6(7)10/h2-3,10H,1H3. The summed E-state index contributed by atoms with van der Waals surface area (Å²) < 4.78 is 4.79. The third-order valence-corrected chi connectivity index (χ3v) is 1.69. The molecular weight excluding hydrogens is 187 g/mol. The van der Waals surface area contributed by atoms with Crippen molar-refractivity contribution in [2.24, 2.45) is 0 Å². The van der Waals surface area contributed by atoms with Gasteiger partial charge in [0.05, 0.1) is 12.1 Å². The molecule has 1 rings (SSSR count). The van der Waals surface area contributed by atoms with E-state index < -0.39 is 0 Å². The van der Waals surface area contributed by atoms with Gasteiger partial charge in [-0.25, -0.2) is 0 Å². The van der Waals surface area contributed by atoms with Crippen molar-refractivity contribution in [3.05, 3.63) is 22.2 Å². The van der Waals surface area contributed by atoms with Gasteiger partial charge < -0.3 is 9.84 Å². The fraction of sp³-hybridized carbons (Fsp3) is 0.143. The Morgan fingerprint density at radius 1 is 1.36 bits per heavy atom. The maximum Gasteiger partial charge on any atom is 0.179 e. The number of ether oxygens (including phenoxy) is 1. The van der Waals surface area contributed by atoms with Gasteiger partial charge in [0.1, 0.15) is 0 Å². The number of rotatable bonds is 1. The van der Waals surface area contributed by atoms with E-state index in [0.717, 1.165) is 0 Å². The zero-order chi connectivity index (χ0) is 8.43. The van der Waals surface area contributed by atoms with Gasteiger partial charge in [-0.1, -0.05) is 23.2 Å². The van der Waals surface area contributed by atoms with Gasteiger partial charge in [-0.15, -0.1) is 0 Å². The summed E-state index contributed by atoms with van der Waals surface area (Å²) >= 11 is 11.2. The second kappa shape index (κ2) is 3.20. The van der Waals surface area contributed by atoms with E-state index in [1.54, 1.807) is 0 Å². The summed E-state index contributed by atoms with van der Waals surface area (Å²) in [5, 5.41) is 9.86. The molecule has 0 aliphatic rings. The van der Waals surface area contributed by atoms with E-state index in [1.165, 1.54) is 19.2 Å². The van der Waals surface area contributed by atoms with Crippen molar-refractivity contribution in [3.63, 3.8) is 0 Å². The maximum atomic E-state index is 9.18. The molecule has 0 aliphatic carbocycles. The predicted octanol–water partition coefficient (Wildman–Crippen LogP) is 2.71. The zero-order valence-corrected chi connectivity index (χ0v) is 7.28. The van der Waals surface area contributed by atoms with Crippen LogP contribution < -0.4 is 4.74 Å². The highest BCUT2D eigenvalue weighted by Gasteiger charge is 2.07. The largest absolute Gasteiger partial charge is 0.504 e. The second-order valence-corrected chi connectivity index (χ2v) is 2.78. The van der Waals surface area contributed by atoms with Crippen molar-refractivity contribution >= 4 is 23.2 Å². The smallest absolute Gasteiger partial charge is 0.179 e. The third-order valence-electron chi connectivity index (χ3n) is 1.19. The first kappa shape index (κ1) is 8.50. The van der Waals surface area contributed by atoms with Crippen molar-refractivity contribution in [3.8, 4) is 11.5 Å². The Hall–Kier alpha value is -0.600. The molecule has 0 unspecified atom stereocenters. The molecule has 4 heteroatoms. The van der Waals surface area contributed by atoms with Crippen LogP contribution in [0.2, 0.25) is 10.0 Å². The van der Waals surface area contributed by atoms with Crippen molar-refractivity contribution in [2.45, 2.75) is 0 Å². The molecule has 2 nitrogen and oxygen atoms in total. The molecule has 0 saturated carbocycles. The minimum absolute atomic E-state index is 0.0509. The highest BCUT2D eigenvalue weighted by atomic mass is 35.5. The van der Waals surface area contributed by atoms with Crippen molar-refractivity contribution in [1.82, 2.24) is 0 Å². The Morgan fingerprint density at radius 3 is 2.45 bits per heavy atom.